The van der Waals surface area contributed by atoms with Crippen LogP contribution in [0, 0.1) is 13.8 Å². The quantitative estimate of drug-likeness (QED) is 0.176. The molecular weight excluding hydrogens is 548 g/mol. The molecule has 4 heterocycles. The van der Waals surface area contributed by atoms with Crippen molar-refractivity contribution in [2.75, 3.05) is 0 Å². The van der Waals surface area contributed by atoms with Crippen LogP contribution in [0.25, 0.3) is 34.2 Å². The first kappa shape index (κ1) is 30.3. The van der Waals surface area contributed by atoms with E-state index in [0.717, 1.165) is 34.2 Å². The maximum atomic E-state index is 5.30. The highest BCUT2D eigenvalue weighted by Crippen LogP contribution is 2.36. The van der Waals surface area contributed by atoms with Crippen LogP contribution in [-0.4, -0.2) is 19.1 Å². The van der Waals surface area contributed by atoms with E-state index in [0.29, 0.717) is 11.8 Å². The maximum Gasteiger partial charge on any atom is 0.0873 e. The monoisotopic (exact) mass is 592 g/mol. The molecule has 0 N–H and O–H groups in total. The van der Waals surface area contributed by atoms with E-state index in [9.17, 15) is 0 Å². The third kappa shape index (κ3) is 5.55. The molecule has 0 radical (unpaired) electrons. The average Bonchev–Trinajstić information content (AvgIpc) is 3.63. The number of pyridine rings is 2. The number of rotatable bonds is 8. The SMILES string of the molecule is Cc1ccc(-c2cccc(C(C)(C)c3cccc(-c4ccc(C)n4-c4ccccc4C(C)C)n3)n2)n1-c1ccccc1C(C)C. The Morgan fingerprint density at radius 1 is 0.489 bits per heavy atom. The minimum atomic E-state index is -0.420. The van der Waals surface area contributed by atoms with Crippen molar-refractivity contribution in [3.05, 3.63) is 143 Å². The Labute approximate surface area is 268 Å². The highest BCUT2D eigenvalue weighted by molar-refractivity contribution is 5.64. The molecule has 0 atom stereocenters. The van der Waals surface area contributed by atoms with Crippen LogP contribution in [-0.2, 0) is 5.41 Å². The Morgan fingerprint density at radius 2 is 0.889 bits per heavy atom. The van der Waals surface area contributed by atoms with Gasteiger partial charge >= 0.3 is 0 Å². The van der Waals surface area contributed by atoms with Crippen LogP contribution in [0.1, 0.15) is 87.3 Å². The Bertz CT molecular complexity index is 1830. The minimum Gasteiger partial charge on any atom is -0.312 e. The van der Waals surface area contributed by atoms with Crippen molar-refractivity contribution in [2.45, 2.75) is 72.6 Å². The number of benzene rings is 2. The molecule has 45 heavy (non-hydrogen) atoms. The van der Waals surface area contributed by atoms with Crippen LogP contribution >= 0.6 is 0 Å². The van der Waals surface area contributed by atoms with Gasteiger partial charge in [-0.15, -0.1) is 0 Å². The summed E-state index contributed by atoms with van der Waals surface area (Å²) in [6.45, 7) is 17.8. The standard InChI is InChI=1S/C41H44N4/c1-27(2)31-15-9-11-19-35(31)44-29(5)23-25-37(44)33-17-13-21-39(42-33)41(7,8)40-22-14-18-34(43-40)38-26-24-30(6)45(38)36-20-12-10-16-32(36)28(3)4/h9-28H,1-8H3. The van der Waals surface area contributed by atoms with E-state index in [1.807, 2.05) is 0 Å². The first-order valence-electron chi connectivity index (χ1n) is 16.1. The second-order valence-electron chi connectivity index (χ2n) is 13.3. The molecule has 4 heteroatoms. The zero-order chi connectivity index (χ0) is 31.9. The van der Waals surface area contributed by atoms with E-state index in [1.165, 1.54) is 33.9 Å². The summed E-state index contributed by atoms with van der Waals surface area (Å²) in [6, 6.07) is 38.9. The lowest BCUT2D eigenvalue weighted by atomic mass is 9.84. The second-order valence-corrected chi connectivity index (χ2v) is 13.3. The van der Waals surface area contributed by atoms with Crippen molar-refractivity contribution in [2.24, 2.45) is 0 Å². The van der Waals surface area contributed by atoms with Gasteiger partial charge in [0.15, 0.2) is 0 Å². The average molecular weight is 593 g/mol. The number of hydrogen-bond donors (Lipinski definition) is 0. The number of hydrogen-bond acceptors (Lipinski definition) is 2. The van der Waals surface area contributed by atoms with Crippen LogP contribution in [0.2, 0.25) is 0 Å². The fraction of sp³-hybridized carbons (Fsp3) is 0.268. The molecule has 228 valence electrons. The van der Waals surface area contributed by atoms with Crippen LogP contribution in [0.15, 0.2) is 109 Å². The predicted octanol–water partition coefficient (Wildman–Crippen LogP) is 10.6. The van der Waals surface area contributed by atoms with Gasteiger partial charge in [0.1, 0.15) is 0 Å². The maximum absolute atomic E-state index is 5.30. The van der Waals surface area contributed by atoms with E-state index < -0.39 is 5.41 Å². The number of aryl methyl sites for hydroxylation is 2. The van der Waals surface area contributed by atoms with E-state index in [1.54, 1.807) is 0 Å². The third-order valence-electron chi connectivity index (χ3n) is 9.06. The van der Waals surface area contributed by atoms with Crippen molar-refractivity contribution in [3.8, 4) is 34.2 Å². The lowest BCUT2D eigenvalue weighted by Gasteiger charge is -2.25. The van der Waals surface area contributed by atoms with Crippen molar-refractivity contribution >= 4 is 0 Å². The summed E-state index contributed by atoms with van der Waals surface area (Å²) in [5, 5.41) is 0. The smallest absolute Gasteiger partial charge is 0.0873 e. The minimum absolute atomic E-state index is 0.413. The van der Waals surface area contributed by atoms with Gasteiger partial charge in [-0.2, -0.15) is 0 Å². The summed E-state index contributed by atoms with van der Waals surface area (Å²) in [7, 11) is 0. The second kappa shape index (κ2) is 12.0. The Morgan fingerprint density at radius 3 is 1.29 bits per heavy atom. The molecular formula is C41H44N4. The van der Waals surface area contributed by atoms with Gasteiger partial charge in [0.25, 0.3) is 0 Å². The zero-order valence-electron chi connectivity index (χ0n) is 27.8. The predicted molar refractivity (Wildman–Crippen MR) is 188 cm³/mol. The van der Waals surface area contributed by atoms with Crippen molar-refractivity contribution < 1.29 is 0 Å². The topological polar surface area (TPSA) is 35.6 Å². The first-order valence-corrected chi connectivity index (χ1v) is 16.1. The Hall–Kier alpha value is -4.70. The molecule has 6 aromatic rings. The molecule has 0 saturated carbocycles. The molecule has 6 rings (SSSR count). The molecule has 0 aliphatic rings. The van der Waals surface area contributed by atoms with Gasteiger partial charge in [0.2, 0.25) is 0 Å². The van der Waals surface area contributed by atoms with E-state index in [2.05, 4.69) is 174 Å². The van der Waals surface area contributed by atoms with Crippen LogP contribution in [0.5, 0.6) is 0 Å². The molecule has 0 saturated heterocycles. The van der Waals surface area contributed by atoms with Gasteiger partial charge in [-0.25, -0.2) is 0 Å². The number of nitrogens with zero attached hydrogens (tertiary/aromatic N) is 4. The molecule has 0 spiro atoms. The summed E-state index contributed by atoms with van der Waals surface area (Å²) in [5.41, 5.74) is 13.1. The van der Waals surface area contributed by atoms with Gasteiger partial charge in [0, 0.05) is 28.2 Å². The molecule has 4 aromatic heterocycles. The summed E-state index contributed by atoms with van der Waals surface area (Å²) in [6.07, 6.45) is 0. The van der Waals surface area contributed by atoms with Gasteiger partial charge in [-0.1, -0.05) is 76.2 Å². The van der Waals surface area contributed by atoms with Crippen molar-refractivity contribution in [1.29, 1.82) is 0 Å². The van der Waals surface area contributed by atoms with Crippen LogP contribution < -0.4 is 0 Å². The fourth-order valence-electron chi connectivity index (χ4n) is 6.46. The summed E-state index contributed by atoms with van der Waals surface area (Å²) in [4.78, 5) is 10.6. The molecule has 0 aliphatic carbocycles. The molecule has 2 aromatic carbocycles. The summed E-state index contributed by atoms with van der Waals surface area (Å²) in [5.74, 6) is 0.826. The lowest BCUT2D eigenvalue weighted by molar-refractivity contribution is 0.596. The van der Waals surface area contributed by atoms with E-state index >= 15 is 0 Å². The summed E-state index contributed by atoms with van der Waals surface area (Å²) >= 11 is 0. The van der Waals surface area contributed by atoms with Crippen LogP contribution in [0.4, 0.5) is 0 Å². The molecule has 4 nitrogen and oxygen atoms in total. The summed E-state index contributed by atoms with van der Waals surface area (Å²) < 4.78 is 4.69. The fourth-order valence-corrected chi connectivity index (χ4v) is 6.46. The van der Waals surface area contributed by atoms with Crippen molar-refractivity contribution in [1.82, 2.24) is 19.1 Å². The Balaban J connectivity index is 1.41. The van der Waals surface area contributed by atoms with E-state index in [-0.39, 0.29) is 0 Å². The highest BCUT2D eigenvalue weighted by Gasteiger charge is 2.28. The molecule has 0 fully saturated rings. The number of aromatic nitrogens is 4. The van der Waals surface area contributed by atoms with Crippen LogP contribution in [0.3, 0.4) is 0 Å². The lowest BCUT2D eigenvalue weighted by Crippen LogP contribution is -2.22. The van der Waals surface area contributed by atoms with Gasteiger partial charge in [-0.05, 0) is 111 Å². The van der Waals surface area contributed by atoms with Gasteiger partial charge in [0.05, 0.1) is 34.2 Å². The largest absolute Gasteiger partial charge is 0.312 e. The molecule has 0 bridgehead atoms. The molecule has 0 aliphatic heterocycles. The first-order chi connectivity index (χ1) is 21.6. The Kier molecular flexibility index (Phi) is 8.09. The van der Waals surface area contributed by atoms with Gasteiger partial charge in [-0.3, -0.25) is 9.97 Å². The van der Waals surface area contributed by atoms with Crippen molar-refractivity contribution in [3.63, 3.8) is 0 Å². The molecule has 0 unspecified atom stereocenters. The third-order valence-corrected chi connectivity index (χ3v) is 9.06. The normalized spacial score (nSPS) is 12.0. The highest BCUT2D eigenvalue weighted by atomic mass is 15.0. The number of para-hydroxylation sites is 2. The van der Waals surface area contributed by atoms with E-state index in [4.69, 9.17) is 9.97 Å². The molecule has 0 amide bonds. The van der Waals surface area contributed by atoms with Gasteiger partial charge < -0.3 is 9.13 Å². The zero-order valence-corrected chi connectivity index (χ0v) is 27.8.